The molecule has 1 aromatic rings. The second kappa shape index (κ2) is 7.00. The van der Waals surface area contributed by atoms with Gasteiger partial charge in [0.2, 0.25) is 0 Å². The monoisotopic (exact) mass is 308 g/mol. The number of aliphatic hydroxyl groups is 1. The van der Waals surface area contributed by atoms with Crippen LogP contribution >= 0.6 is 11.8 Å². The van der Waals surface area contributed by atoms with Crippen molar-refractivity contribution >= 4 is 23.8 Å². The van der Waals surface area contributed by atoms with Gasteiger partial charge in [-0.25, -0.2) is 0 Å². The lowest BCUT2D eigenvalue weighted by Crippen LogP contribution is -2.12. The molecule has 2 rings (SSSR count). The standard InChI is InChI=1S/C16H20O4S/c1-10(16(18)20-3)12-5-4-11(8-14(12)19-2)9-15-13(17)6-7-21-15/h4-5,8-10,13,17H,6-7H2,1-3H3. The van der Waals surface area contributed by atoms with E-state index in [1.807, 2.05) is 24.3 Å². The minimum absolute atomic E-state index is 0.291. The van der Waals surface area contributed by atoms with Crippen molar-refractivity contribution in [2.24, 2.45) is 0 Å². The zero-order chi connectivity index (χ0) is 15.4. The minimum atomic E-state index is -0.377. The number of aliphatic hydroxyl groups excluding tert-OH is 1. The average molecular weight is 308 g/mol. The Labute approximate surface area is 129 Å². The molecule has 1 fully saturated rings. The van der Waals surface area contributed by atoms with E-state index in [2.05, 4.69) is 0 Å². The molecule has 1 heterocycles. The predicted octanol–water partition coefficient (Wildman–Crippen LogP) is 2.81. The second-order valence-electron chi connectivity index (χ2n) is 4.95. The highest BCUT2D eigenvalue weighted by molar-refractivity contribution is 8.03. The fraction of sp³-hybridized carbons (Fsp3) is 0.438. The predicted molar refractivity (Wildman–Crippen MR) is 84.5 cm³/mol. The molecule has 0 bridgehead atoms. The maximum absolute atomic E-state index is 11.7. The lowest BCUT2D eigenvalue weighted by Gasteiger charge is -2.14. The highest BCUT2D eigenvalue weighted by Gasteiger charge is 2.21. The summed E-state index contributed by atoms with van der Waals surface area (Å²) in [6.45, 7) is 1.79. The molecule has 1 saturated heterocycles. The first-order valence-electron chi connectivity index (χ1n) is 6.85. The van der Waals surface area contributed by atoms with Gasteiger partial charge < -0.3 is 14.6 Å². The van der Waals surface area contributed by atoms with Gasteiger partial charge in [-0.1, -0.05) is 12.1 Å². The van der Waals surface area contributed by atoms with E-state index in [-0.39, 0.29) is 18.0 Å². The molecule has 1 N–H and O–H groups in total. The minimum Gasteiger partial charge on any atom is -0.496 e. The first kappa shape index (κ1) is 15.9. The summed E-state index contributed by atoms with van der Waals surface area (Å²) in [6.07, 6.45) is 2.40. The van der Waals surface area contributed by atoms with Gasteiger partial charge in [0.05, 0.1) is 26.2 Å². The molecule has 1 aliphatic rings. The molecule has 0 saturated carbocycles. The fourth-order valence-electron chi connectivity index (χ4n) is 2.31. The van der Waals surface area contributed by atoms with E-state index in [1.54, 1.807) is 25.8 Å². The molecule has 0 spiro atoms. The number of esters is 1. The van der Waals surface area contributed by atoms with E-state index in [0.717, 1.165) is 28.2 Å². The Bertz CT molecular complexity index is 553. The molecule has 0 amide bonds. The van der Waals surface area contributed by atoms with Gasteiger partial charge >= 0.3 is 5.97 Å². The summed E-state index contributed by atoms with van der Waals surface area (Å²) in [5.41, 5.74) is 1.75. The Morgan fingerprint density at radius 3 is 2.81 bits per heavy atom. The molecule has 1 aromatic carbocycles. The molecule has 2 atom stereocenters. The van der Waals surface area contributed by atoms with Crippen LogP contribution in [0.5, 0.6) is 5.75 Å². The Morgan fingerprint density at radius 1 is 1.48 bits per heavy atom. The molecular formula is C16H20O4S. The molecule has 0 aromatic heterocycles. The van der Waals surface area contributed by atoms with Crippen LogP contribution in [0, 0.1) is 0 Å². The summed E-state index contributed by atoms with van der Waals surface area (Å²) in [7, 11) is 2.96. The van der Waals surface area contributed by atoms with Gasteiger partial charge in [0.25, 0.3) is 0 Å². The molecule has 4 nitrogen and oxygen atoms in total. The van der Waals surface area contributed by atoms with Crippen LogP contribution in [0.25, 0.3) is 6.08 Å². The third-order valence-corrected chi connectivity index (χ3v) is 4.74. The summed E-state index contributed by atoms with van der Waals surface area (Å²) in [5.74, 6) is 0.931. The fourth-order valence-corrected chi connectivity index (χ4v) is 3.41. The quantitative estimate of drug-likeness (QED) is 0.867. The number of carbonyl (C=O) groups excluding carboxylic acids is 1. The van der Waals surface area contributed by atoms with Crippen LogP contribution in [0.2, 0.25) is 0 Å². The Morgan fingerprint density at radius 2 is 2.24 bits per heavy atom. The molecule has 2 unspecified atom stereocenters. The summed E-state index contributed by atoms with van der Waals surface area (Å²) < 4.78 is 10.2. The van der Waals surface area contributed by atoms with Gasteiger partial charge in [0.1, 0.15) is 5.75 Å². The number of ether oxygens (including phenoxy) is 2. The number of methoxy groups -OCH3 is 2. The number of thioether (sulfide) groups is 1. The van der Waals surface area contributed by atoms with Crippen molar-refractivity contribution in [1.82, 2.24) is 0 Å². The summed E-state index contributed by atoms with van der Waals surface area (Å²) in [4.78, 5) is 12.6. The number of carbonyl (C=O) groups is 1. The van der Waals surface area contributed by atoms with E-state index < -0.39 is 0 Å². The average Bonchev–Trinajstić information content (AvgIpc) is 2.90. The van der Waals surface area contributed by atoms with Gasteiger partial charge in [-0.05, 0) is 31.1 Å². The molecule has 21 heavy (non-hydrogen) atoms. The number of hydrogen-bond donors (Lipinski definition) is 1. The molecule has 114 valence electrons. The van der Waals surface area contributed by atoms with E-state index >= 15 is 0 Å². The highest BCUT2D eigenvalue weighted by atomic mass is 32.2. The van der Waals surface area contributed by atoms with E-state index in [9.17, 15) is 9.90 Å². The van der Waals surface area contributed by atoms with Gasteiger partial charge in [0, 0.05) is 16.2 Å². The number of benzene rings is 1. The van der Waals surface area contributed by atoms with Crippen LogP contribution < -0.4 is 4.74 Å². The smallest absolute Gasteiger partial charge is 0.312 e. The van der Waals surface area contributed by atoms with Crippen LogP contribution in [0.3, 0.4) is 0 Å². The lowest BCUT2D eigenvalue weighted by molar-refractivity contribution is -0.142. The Hall–Kier alpha value is -1.46. The van der Waals surface area contributed by atoms with Crippen molar-refractivity contribution < 1.29 is 19.4 Å². The molecule has 1 aliphatic heterocycles. The third kappa shape index (κ3) is 3.60. The van der Waals surface area contributed by atoms with Crippen molar-refractivity contribution in [1.29, 1.82) is 0 Å². The topological polar surface area (TPSA) is 55.8 Å². The molecule has 0 aliphatic carbocycles. The van der Waals surface area contributed by atoms with Crippen molar-refractivity contribution in [2.45, 2.75) is 25.4 Å². The van der Waals surface area contributed by atoms with Gasteiger partial charge in [-0.3, -0.25) is 4.79 Å². The van der Waals surface area contributed by atoms with Crippen molar-refractivity contribution in [3.8, 4) is 5.75 Å². The van der Waals surface area contributed by atoms with Gasteiger partial charge in [-0.15, -0.1) is 11.8 Å². The van der Waals surface area contributed by atoms with Crippen molar-refractivity contribution in [3.63, 3.8) is 0 Å². The maximum Gasteiger partial charge on any atom is 0.312 e. The number of hydrogen-bond acceptors (Lipinski definition) is 5. The Balaban J connectivity index is 2.30. The SMILES string of the molecule is COC(=O)C(C)c1ccc(C=C2SCCC2O)cc1OC. The van der Waals surface area contributed by atoms with Gasteiger partial charge in [-0.2, -0.15) is 0 Å². The van der Waals surface area contributed by atoms with E-state index in [1.165, 1.54) is 7.11 Å². The van der Waals surface area contributed by atoms with Gasteiger partial charge in [0.15, 0.2) is 0 Å². The Kier molecular flexibility index (Phi) is 5.31. The maximum atomic E-state index is 11.7. The highest BCUT2D eigenvalue weighted by Crippen LogP contribution is 2.34. The zero-order valence-electron chi connectivity index (χ0n) is 12.5. The lowest BCUT2D eigenvalue weighted by atomic mass is 9.98. The zero-order valence-corrected chi connectivity index (χ0v) is 13.3. The van der Waals surface area contributed by atoms with Crippen LogP contribution in [0.1, 0.15) is 30.4 Å². The normalized spacial score (nSPS) is 21.3. The molecule has 5 heteroatoms. The van der Waals surface area contributed by atoms with E-state index in [4.69, 9.17) is 9.47 Å². The first-order valence-corrected chi connectivity index (χ1v) is 7.83. The number of rotatable bonds is 4. The molecule has 0 radical (unpaired) electrons. The van der Waals surface area contributed by atoms with Crippen LogP contribution in [0.15, 0.2) is 23.1 Å². The summed E-state index contributed by atoms with van der Waals surface area (Å²) in [6, 6.07) is 5.68. The summed E-state index contributed by atoms with van der Waals surface area (Å²) in [5, 5.41) is 9.84. The second-order valence-corrected chi connectivity index (χ2v) is 6.11. The van der Waals surface area contributed by atoms with Crippen LogP contribution in [-0.4, -0.2) is 37.2 Å². The van der Waals surface area contributed by atoms with Crippen molar-refractivity contribution in [3.05, 3.63) is 34.2 Å². The summed E-state index contributed by atoms with van der Waals surface area (Å²) >= 11 is 1.67. The molecular weight excluding hydrogens is 288 g/mol. The van der Waals surface area contributed by atoms with E-state index in [0.29, 0.717) is 5.75 Å². The largest absolute Gasteiger partial charge is 0.496 e. The first-order chi connectivity index (χ1) is 10.1. The van der Waals surface area contributed by atoms with Crippen molar-refractivity contribution in [2.75, 3.05) is 20.0 Å². The van der Waals surface area contributed by atoms with Crippen LogP contribution in [0.4, 0.5) is 0 Å². The van der Waals surface area contributed by atoms with Crippen LogP contribution in [-0.2, 0) is 9.53 Å². The third-order valence-electron chi connectivity index (χ3n) is 3.58.